The number of hydrogen-bond donors (Lipinski definition) is 0. The molecule has 6 nitrogen and oxygen atoms in total. The first kappa shape index (κ1) is 22.4. The van der Waals surface area contributed by atoms with Gasteiger partial charge in [-0.3, -0.25) is 0 Å². The third kappa shape index (κ3) is 3.92. The van der Waals surface area contributed by atoms with E-state index in [0.29, 0.717) is 21.3 Å². The number of sulfone groups is 1. The number of esters is 1. The van der Waals surface area contributed by atoms with Crippen molar-refractivity contribution in [1.29, 1.82) is 0 Å². The molecular formula is C22H18ClFN2O4S2. The number of fused-ring (bicyclic) bond motifs is 1. The molecule has 0 bridgehead atoms. The summed E-state index contributed by atoms with van der Waals surface area (Å²) in [6.45, 7) is 1.63. The van der Waals surface area contributed by atoms with Crippen LogP contribution in [0.2, 0.25) is 5.15 Å². The van der Waals surface area contributed by atoms with E-state index in [1.807, 2.05) is 0 Å². The second-order valence-corrected chi connectivity index (χ2v) is 10.4. The van der Waals surface area contributed by atoms with Crippen LogP contribution in [0.15, 0.2) is 65.7 Å². The largest absolute Gasteiger partial charge is 0.467 e. The first-order valence-electron chi connectivity index (χ1n) is 9.53. The van der Waals surface area contributed by atoms with E-state index >= 15 is 0 Å². The van der Waals surface area contributed by atoms with E-state index in [0.717, 1.165) is 11.5 Å². The van der Waals surface area contributed by atoms with Crippen molar-refractivity contribution in [2.75, 3.05) is 7.11 Å². The molecule has 32 heavy (non-hydrogen) atoms. The van der Waals surface area contributed by atoms with Gasteiger partial charge in [0.05, 0.1) is 12.0 Å². The SMILES string of the molecule is COC(=O)C(C)n1cc(C(c2cc(Cl)ns2)S(=O)(=O)c2ccccc2)c2cc(F)ccc21. The quantitative estimate of drug-likeness (QED) is 0.346. The van der Waals surface area contributed by atoms with Gasteiger partial charge in [-0.05, 0) is 54.9 Å². The predicted octanol–water partition coefficient (Wildman–Crippen LogP) is 5.19. The summed E-state index contributed by atoms with van der Waals surface area (Å²) >= 11 is 6.99. The minimum Gasteiger partial charge on any atom is -0.467 e. The van der Waals surface area contributed by atoms with Crippen LogP contribution in [0.5, 0.6) is 0 Å². The lowest BCUT2D eigenvalue weighted by Gasteiger charge is -2.16. The van der Waals surface area contributed by atoms with Crippen LogP contribution in [0.1, 0.15) is 28.7 Å². The Kier molecular flexibility index (Phi) is 6.07. The fourth-order valence-electron chi connectivity index (χ4n) is 3.68. The van der Waals surface area contributed by atoms with Gasteiger partial charge in [-0.1, -0.05) is 29.8 Å². The monoisotopic (exact) mass is 492 g/mol. The molecule has 2 aromatic carbocycles. The molecule has 10 heteroatoms. The summed E-state index contributed by atoms with van der Waals surface area (Å²) < 4.78 is 52.3. The smallest absolute Gasteiger partial charge is 0.328 e. The Morgan fingerprint density at radius 1 is 1.19 bits per heavy atom. The molecule has 0 radical (unpaired) electrons. The van der Waals surface area contributed by atoms with Crippen LogP contribution in [0.3, 0.4) is 0 Å². The number of rotatable bonds is 6. The predicted molar refractivity (Wildman–Crippen MR) is 121 cm³/mol. The second kappa shape index (κ2) is 8.65. The van der Waals surface area contributed by atoms with Crippen molar-refractivity contribution in [2.24, 2.45) is 0 Å². The maximum atomic E-state index is 14.3. The summed E-state index contributed by atoms with van der Waals surface area (Å²) in [6, 6.07) is 12.8. The first-order valence-corrected chi connectivity index (χ1v) is 12.2. The van der Waals surface area contributed by atoms with E-state index in [1.54, 1.807) is 35.9 Å². The van der Waals surface area contributed by atoms with Gasteiger partial charge in [0.2, 0.25) is 0 Å². The zero-order chi connectivity index (χ0) is 23.0. The van der Waals surface area contributed by atoms with Crippen LogP contribution in [-0.4, -0.2) is 30.4 Å². The van der Waals surface area contributed by atoms with Crippen molar-refractivity contribution >= 4 is 49.8 Å². The molecule has 0 saturated heterocycles. The average Bonchev–Trinajstić information content (AvgIpc) is 3.37. The molecule has 0 amide bonds. The summed E-state index contributed by atoms with van der Waals surface area (Å²) in [5.74, 6) is -1.04. The Balaban J connectivity index is 2.03. The van der Waals surface area contributed by atoms with E-state index in [9.17, 15) is 17.6 Å². The topological polar surface area (TPSA) is 78.3 Å². The zero-order valence-corrected chi connectivity index (χ0v) is 19.4. The van der Waals surface area contributed by atoms with Crippen molar-refractivity contribution in [3.63, 3.8) is 0 Å². The lowest BCUT2D eigenvalue weighted by Crippen LogP contribution is -2.17. The van der Waals surface area contributed by atoms with Crippen LogP contribution in [0.25, 0.3) is 10.9 Å². The molecule has 166 valence electrons. The Labute approximate surface area is 193 Å². The molecule has 0 saturated carbocycles. The first-order chi connectivity index (χ1) is 15.2. The van der Waals surface area contributed by atoms with Gasteiger partial charge in [0, 0.05) is 27.5 Å². The third-order valence-electron chi connectivity index (χ3n) is 5.21. The van der Waals surface area contributed by atoms with Crippen molar-refractivity contribution in [3.05, 3.63) is 82.2 Å². The minimum absolute atomic E-state index is 0.104. The van der Waals surface area contributed by atoms with Gasteiger partial charge in [-0.15, -0.1) is 0 Å². The summed E-state index contributed by atoms with van der Waals surface area (Å²) in [4.78, 5) is 12.7. The molecule has 0 aliphatic heterocycles. The highest BCUT2D eigenvalue weighted by Gasteiger charge is 2.36. The average molecular weight is 493 g/mol. The van der Waals surface area contributed by atoms with E-state index in [1.165, 1.54) is 43.5 Å². The number of hydrogen-bond acceptors (Lipinski definition) is 6. The van der Waals surface area contributed by atoms with Gasteiger partial charge < -0.3 is 9.30 Å². The van der Waals surface area contributed by atoms with Gasteiger partial charge in [0.15, 0.2) is 9.84 Å². The van der Waals surface area contributed by atoms with E-state index in [4.69, 9.17) is 16.3 Å². The molecule has 2 aromatic heterocycles. The summed E-state index contributed by atoms with van der Waals surface area (Å²) in [6.07, 6.45) is 1.56. The lowest BCUT2D eigenvalue weighted by molar-refractivity contribution is -0.143. The summed E-state index contributed by atoms with van der Waals surface area (Å²) in [5, 5.41) is -0.670. The van der Waals surface area contributed by atoms with Gasteiger partial charge in [0.1, 0.15) is 22.3 Å². The highest BCUT2D eigenvalue weighted by Crippen LogP contribution is 2.42. The van der Waals surface area contributed by atoms with Gasteiger partial charge in [-0.2, -0.15) is 4.37 Å². The maximum Gasteiger partial charge on any atom is 0.328 e. The van der Waals surface area contributed by atoms with Crippen molar-refractivity contribution in [1.82, 2.24) is 8.94 Å². The zero-order valence-electron chi connectivity index (χ0n) is 17.0. The third-order valence-corrected chi connectivity index (χ3v) is 8.56. The van der Waals surface area contributed by atoms with E-state index in [2.05, 4.69) is 4.37 Å². The number of nitrogens with zero attached hydrogens (tertiary/aromatic N) is 2. The van der Waals surface area contributed by atoms with Crippen LogP contribution in [-0.2, 0) is 19.4 Å². The Hall–Kier alpha value is -2.75. The fraction of sp³-hybridized carbons (Fsp3) is 0.182. The van der Waals surface area contributed by atoms with Crippen LogP contribution in [0, 0.1) is 5.82 Å². The van der Waals surface area contributed by atoms with Crippen LogP contribution in [0.4, 0.5) is 4.39 Å². The minimum atomic E-state index is -3.98. The molecule has 2 atom stereocenters. The Morgan fingerprint density at radius 3 is 2.53 bits per heavy atom. The van der Waals surface area contributed by atoms with Crippen LogP contribution >= 0.6 is 23.1 Å². The number of ether oxygens (including phenoxy) is 1. The number of methoxy groups -OCH3 is 1. The number of halogens is 2. The van der Waals surface area contributed by atoms with Crippen LogP contribution < -0.4 is 0 Å². The van der Waals surface area contributed by atoms with E-state index in [-0.39, 0.29) is 10.0 Å². The molecule has 0 spiro atoms. The van der Waals surface area contributed by atoms with Crippen molar-refractivity contribution in [3.8, 4) is 0 Å². The summed E-state index contributed by atoms with van der Waals surface area (Å²) in [5.41, 5.74) is 0.822. The van der Waals surface area contributed by atoms with Crippen molar-refractivity contribution in [2.45, 2.75) is 23.1 Å². The van der Waals surface area contributed by atoms with Gasteiger partial charge in [-0.25, -0.2) is 17.6 Å². The molecule has 2 heterocycles. The van der Waals surface area contributed by atoms with Gasteiger partial charge >= 0.3 is 5.97 Å². The Bertz CT molecular complexity index is 1400. The molecule has 0 aliphatic rings. The van der Waals surface area contributed by atoms with Crippen molar-refractivity contribution < 1.29 is 22.3 Å². The number of benzene rings is 2. The standard InChI is InChI=1S/C22H18ClFN2O4S2/c1-13(22(27)30-2)26-12-17(16-10-14(24)8-9-18(16)26)21(19-11-20(23)25-31-19)32(28,29)15-6-4-3-5-7-15/h3-13,21H,1-2H3. The highest BCUT2D eigenvalue weighted by molar-refractivity contribution is 7.92. The number of aromatic nitrogens is 2. The molecule has 0 aliphatic carbocycles. The summed E-state index contributed by atoms with van der Waals surface area (Å²) in [7, 11) is -2.71. The number of carbonyl (C=O) groups excluding carboxylic acids is 1. The van der Waals surface area contributed by atoms with E-state index < -0.39 is 32.9 Å². The molecule has 0 N–H and O–H groups in total. The molecule has 4 aromatic rings. The number of carbonyl (C=O) groups is 1. The molecule has 2 unspecified atom stereocenters. The molecule has 0 fully saturated rings. The second-order valence-electron chi connectivity index (χ2n) is 7.14. The lowest BCUT2D eigenvalue weighted by atomic mass is 10.1. The highest BCUT2D eigenvalue weighted by atomic mass is 35.5. The molecule has 4 rings (SSSR count). The maximum absolute atomic E-state index is 14.3. The Morgan fingerprint density at radius 2 is 1.91 bits per heavy atom. The molecular weight excluding hydrogens is 475 g/mol. The normalized spacial score (nSPS) is 13.8. The fourth-order valence-corrected chi connectivity index (χ4v) is 6.81. The van der Waals surface area contributed by atoms with Gasteiger partial charge in [0.25, 0.3) is 0 Å².